The van der Waals surface area contributed by atoms with E-state index in [1.165, 1.54) is 25.7 Å². The number of carbonyl (C=O) groups is 1. The van der Waals surface area contributed by atoms with Crippen LogP contribution in [-0.4, -0.2) is 11.9 Å². The van der Waals surface area contributed by atoms with E-state index < -0.39 is 0 Å². The Balaban J connectivity index is 2.01. The van der Waals surface area contributed by atoms with E-state index in [0.717, 1.165) is 24.2 Å². The van der Waals surface area contributed by atoms with E-state index >= 15 is 0 Å². The normalized spacial score (nSPS) is 17.5. The van der Waals surface area contributed by atoms with Crippen molar-refractivity contribution in [1.29, 1.82) is 0 Å². The van der Waals surface area contributed by atoms with E-state index in [-0.39, 0.29) is 5.78 Å². The second kappa shape index (κ2) is 5.85. The average molecular weight is 232 g/mol. The molecule has 0 saturated heterocycles. The third kappa shape index (κ3) is 3.58. The Kier molecular flexibility index (Phi) is 4.18. The first-order valence-corrected chi connectivity index (χ1v) is 6.53. The molecule has 0 amide bonds. The SMILES string of the molecule is CC(=O)c1cccc(OC2CCCCCC2)c1. The minimum absolute atomic E-state index is 0.0938. The summed E-state index contributed by atoms with van der Waals surface area (Å²) in [6.45, 7) is 1.59. The molecule has 0 bridgehead atoms. The fourth-order valence-electron chi connectivity index (χ4n) is 2.34. The molecule has 1 fully saturated rings. The first kappa shape index (κ1) is 12.2. The van der Waals surface area contributed by atoms with Crippen LogP contribution in [0.5, 0.6) is 5.75 Å². The molecule has 2 rings (SSSR count). The predicted octanol–water partition coefficient (Wildman–Crippen LogP) is 3.99. The summed E-state index contributed by atoms with van der Waals surface area (Å²) in [5.41, 5.74) is 0.733. The van der Waals surface area contributed by atoms with Gasteiger partial charge in [0.15, 0.2) is 5.78 Å². The summed E-state index contributed by atoms with van der Waals surface area (Å²) in [5.74, 6) is 0.931. The van der Waals surface area contributed by atoms with Crippen LogP contribution in [0.4, 0.5) is 0 Å². The van der Waals surface area contributed by atoms with Crippen LogP contribution >= 0.6 is 0 Å². The molecule has 1 aromatic carbocycles. The van der Waals surface area contributed by atoms with Gasteiger partial charge in [-0.1, -0.05) is 25.0 Å². The molecule has 2 heteroatoms. The van der Waals surface area contributed by atoms with Crippen molar-refractivity contribution in [3.63, 3.8) is 0 Å². The summed E-state index contributed by atoms with van der Waals surface area (Å²) in [7, 11) is 0. The van der Waals surface area contributed by atoms with Gasteiger partial charge < -0.3 is 4.74 Å². The maximum absolute atomic E-state index is 11.3. The number of ether oxygens (including phenoxy) is 1. The van der Waals surface area contributed by atoms with Crippen LogP contribution in [0.3, 0.4) is 0 Å². The number of benzene rings is 1. The van der Waals surface area contributed by atoms with Crippen LogP contribution < -0.4 is 4.74 Å². The maximum Gasteiger partial charge on any atom is 0.159 e. The first-order valence-electron chi connectivity index (χ1n) is 6.53. The lowest BCUT2D eigenvalue weighted by Gasteiger charge is -2.17. The van der Waals surface area contributed by atoms with Gasteiger partial charge in [0, 0.05) is 5.56 Å². The monoisotopic (exact) mass is 232 g/mol. The Morgan fingerprint density at radius 2 is 1.88 bits per heavy atom. The highest BCUT2D eigenvalue weighted by Crippen LogP contribution is 2.23. The van der Waals surface area contributed by atoms with Crippen LogP contribution in [0.2, 0.25) is 0 Å². The Hall–Kier alpha value is -1.31. The molecular weight excluding hydrogens is 212 g/mol. The summed E-state index contributed by atoms with van der Waals surface area (Å²) in [6, 6.07) is 7.52. The second-order valence-corrected chi connectivity index (χ2v) is 4.82. The lowest BCUT2D eigenvalue weighted by molar-refractivity contribution is 0.101. The molecule has 1 saturated carbocycles. The molecule has 0 aliphatic heterocycles. The van der Waals surface area contributed by atoms with Gasteiger partial charge in [-0.2, -0.15) is 0 Å². The fourth-order valence-corrected chi connectivity index (χ4v) is 2.34. The van der Waals surface area contributed by atoms with Gasteiger partial charge in [0.25, 0.3) is 0 Å². The zero-order valence-electron chi connectivity index (χ0n) is 10.4. The van der Waals surface area contributed by atoms with E-state index in [0.29, 0.717) is 6.10 Å². The highest BCUT2D eigenvalue weighted by molar-refractivity contribution is 5.94. The number of hydrogen-bond acceptors (Lipinski definition) is 2. The zero-order chi connectivity index (χ0) is 12.1. The van der Waals surface area contributed by atoms with Crippen LogP contribution in [-0.2, 0) is 0 Å². The van der Waals surface area contributed by atoms with Crippen LogP contribution in [0, 0.1) is 0 Å². The quantitative estimate of drug-likeness (QED) is 0.582. The van der Waals surface area contributed by atoms with Crippen molar-refractivity contribution in [2.24, 2.45) is 0 Å². The molecule has 0 atom stereocenters. The Bertz CT molecular complexity index is 376. The predicted molar refractivity (Wildman–Crippen MR) is 68.6 cm³/mol. The molecule has 2 nitrogen and oxygen atoms in total. The van der Waals surface area contributed by atoms with Crippen LogP contribution in [0.25, 0.3) is 0 Å². The summed E-state index contributed by atoms with van der Waals surface area (Å²) >= 11 is 0. The second-order valence-electron chi connectivity index (χ2n) is 4.82. The van der Waals surface area contributed by atoms with E-state index in [2.05, 4.69) is 0 Å². The van der Waals surface area contributed by atoms with Gasteiger partial charge in [-0.3, -0.25) is 4.79 Å². The minimum Gasteiger partial charge on any atom is -0.490 e. The van der Waals surface area contributed by atoms with Gasteiger partial charge >= 0.3 is 0 Å². The molecule has 1 aromatic rings. The minimum atomic E-state index is 0.0938. The Morgan fingerprint density at radius 3 is 2.53 bits per heavy atom. The summed E-state index contributed by atoms with van der Waals surface area (Å²) in [4.78, 5) is 11.3. The first-order chi connectivity index (χ1) is 8.25. The van der Waals surface area contributed by atoms with Crippen molar-refractivity contribution < 1.29 is 9.53 Å². The molecule has 0 aromatic heterocycles. The Labute approximate surface area is 103 Å². The highest BCUT2D eigenvalue weighted by atomic mass is 16.5. The van der Waals surface area contributed by atoms with Crippen LogP contribution in [0.15, 0.2) is 24.3 Å². The topological polar surface area (TPSA) is 26.3 Å². The number of rotatable bonds is 3. The van der Waals surface area contributed by atoms with Gasteiger partial charge in [-0.05, 0) is 44.7 Å². The van der Waals surface area contributed by atoms with Gasteiger partial charge in [-0.25, -0.2) is 0 Å². The zero-order valence-corrected chi connectivity index (χ0v) is 10.4. The molecule has 0 N–H and O–H groups in total. The number of ketones is 1. The van der Waals surface area contributed by atoms with E-state index in [4.69, 9.17) is 4.74 Å². The Morgan fingerprint density at radius 1 is 1.18 bits per heavy atom. The molecule has 1 aliphatic carbocycles. The smallest absolute Gasteiger partial charge is 0.159 e. The highest BCUT2D eigenvalue weighted by Gasteiger charge is 2.13. The standard InChI is InChI=1S/C15H20O2/c1-12(16)13-7-6-10-15(11-13)17-14-8-4-2-3-5-9-14/h6-7,10-11,14H,2-5,8-9H2,1H3. The molecule has 0 unspecified atom stereocenters. The van der Waals surface area contributed by atoms with Crippen LogP contribution in [0.1, 0.15) is 55.8 Å². The van der Waals surface area contributed by atoms with Crippen molar-refractivity contribution in [1.82, 2.24) is 0 Å². The average Bonchev–Trinajstić information content (AvgIpc) is 2.58. The molecule has 1 aliphatic rings. The number of Topliss-reactive ketones (excluding diaryl/α,β-unsaturated/α-hetero) is 1. The summed E-state index contributed by atoms with van der Waals surface area (Å²) in [6.07, 6.45) is 7.79. The van der Waals surface area contributed by atoms with Gasteiger partial charge in [0.05, 0.1) is 6.10 Å². The molecular formula is C15H20O2. The van der Waals surface area contributed by atoms with E-state index in [1.54, 1.807) is 6.92 Å². The van der Waals surface area contributed by atoms with Crippen molar-refractivity contribution in [2.75, 3.05) is 0 Å². The summed E-state index contributed by atoms with van der Waals surface area (Å²) in [5, 5.41) is 0. The molecule has 0 radical (unpaired) electrons. The van der Waals surface area contributed by atoms with Crippen molar-refractivity contribution >= 4 is 5.78 Å². The maximum atomic E-state index is 11.3. The third-order valence-corrected chi connectivity index (χ3v) is 3.35. The van der Waals surface area contributed by atoms with Crippen molar-refractivity contribution in [3.8, 4) is 5.75 Å². The lowest BCUT2D eigenvalue weighted by atomic mass is 10.1. The third-order valence-electron chi connectivity index (χ3n) is 3.35. The largest absolute Gasteiger partial charge is 0.490 e. The molecule has 0 heterocycles. The summed E-state index contributed by atoms with van der Waals surface area (Å²) < 4.78 is 5.97. The van der Waals surface area contributed by atoms with Crippen molar-refractivity contribution in [2.45, 2.75) is 51.6 Å². The lowest BCUT2D eigenvalue weighted by Crippen LogP contribution is -2.15. The number of hydrogen-bond donors (Lipinski definition) is 0. The molecule has 17 heavy (non-hydrogen) atoms. The van der Waals surface area contributed by atoms with Gasteiger partial charge in [0.1, 0.15) is 5.75 Å². The van der Waals surface area contributed by atoms with E-state index in [9.17, 15) is 4.79 Å². The van der Waals surface area contributed by atoms with E-state index in [1.807, 2.05) is 24.3 Å². The van der Waals surface area contributed by atoms with Gasteiger partial charge in [0.2, 0.25) is 0 Å². The molecule has 0 spiro atoms. The fraction of sp³-hybridized carbons (Fsp3) is 0.533. The van der Waals surface area contributed by atoms with Gasteiger partial charge in [-0.15, -0.1) is 0 Å². The number of carbonyl (C=O) groups excluding carboxylic acids is 1. The van der Waals surface area contributed by atoms with Crippen molar-refractivity contribution in [3.05, 3.63) is 29.8 Å². The molecule has 92 valence electrons.